The molecule has 4 heteroatoms. The lowest BCUT2D eigenvalue weighted by molar-refractivity contribution is -0.109. The standard InChI is InChI=1S/C24H30O3S/c1-4-6-14-24(5-2,15-16-25)18-28-22-17-20(27-3)12-13-21(22)23(26)19-10-8-7-9-11-19/h7-13,16-17H,4-6,14-15,18H2,1-3H3. The molecule has 0 amide bonds. The molecule has 0 N–H and O–H groups in total. The fourth-order valence-electron chi connectivity index (χ4n) is 3.30. The molecule has 0 aliphatic heterocycles. The summed E-state index contributed by atoms with van der Waals surface area (Å²) >= 11 is 1.66. The third kappa shape index (κ3) is 5.71. The number of carbonyl (C=O) groups excluding carboxylic acids is 2. The Morgan fingerprint density at radius 3 is 2.50 bits per heavy atom. The van der Waals surface area contributed by atoms with Crippen LogP contribution in [0.3, 0.4) is 0 Å². The second kappa shape index (κ2) is 11.1. The van der Waals surface area contributed by atoms with E-state index in [1.54, 1.807) is 18.9 Å². The molecule has 0 heterocycles. The van der Waals surface area contributed by atoms with Crippen LogP contribution in [0.2, 0.25) is 0 Å². The van der Waals surface area contributed by atoms with Gasteiger partial charge in [0.1, 0.15) is 12.0 Å². The molecule has 2 aromatic carbocycles. The summed E-state index contributed by atoms with van der Waals surface area (Å²) in [5.74, 6) is 1.56. The monoisotopic (exact) mass is 398 g/mol. The first kappa shape index (κ1) is 22.2. The van der Waals surface area contributed by atoms with Crippen molar-refractivity contribution in [3.05, 3.63) is 59.7 Å². The molecule has 1 atom stereocenters. The van der Waals surface area contributed by atoms with Crippen LogP contribution in [0.5, 0.6) is 5.75 Å². The molecule has 0 bridgehead atoms. The number of rotatable bonds is 12. The minimum atomic E-state index is -0.0292. The van der Waals surface area contributed by atoms with E-state index in [0.29, 0.717) is 17.5 Å². The zero-order valence-electron chi connectivity index (χ0n) is 17.1. The summed E-state index contributed by atoms with van der Waals surface area (Å²) in [5.41, 5.74) is 1.33. The Hall–Kier alpha value is -2.07. The summed E-state index contributed by atoms with van der Waals surface area (Å²) in [6.45, 7) is 4.33. The van der Waals surface area contributed by atoms with Gasteiger partial charge >= 0.3 is 0 Å². The van der Waals surface area contributed by atoms with Gasteiger partial charge in [-0.05, 0) is 36.5 Å². The smallest absolute Gasteiger partial charge is 0.194 e. The first-order chi connectivity index (χ1) is 13.6. The highest BCUT2D eigenvalue weighted by Crippen LogP contribution is 2.40. The normalized spacial score (nSPS) is 13.0. The topological polar surface area (TPSA) is 43.4 Å². The Labute approximate surface area is 172 Å². The van der Waals surface area contributed by atoms with Crippen molar-refractivity contribution in [3.63, 3.8) is 0 Å². The van der Waals surface area contributed by atoms with E-state index in [1.807, 2.05) is 48.5 Å². The Morgan fingerprint density at radius 2 is 1.89 bits per heavy atom. The average molecular weight is 399 g/mol. The molecule has 0 saturated heterocycles. The first-order valence-electron chi connectivity index (χ1n) is 9.93. The third-order valence-corrected chi connectivity index (χ3v) is 6.74. The van der Waals surface area contributed by atoms with E-state index < -0.39 is 0 Å². The second-order valence-corrected chi connectivity index (χ2v) is 8.19. The fourth-order valence-corrected chi connectivity index (χ4v) is 4.74. The molecule has 0 aromatic heterocycles. The van der Waals surface area contributed by atoms with Crippen LogP contribution in [0.25, 0.3) is 0 Å². The lowest BCUT2D eigenvalue weighted by Gasteiger charge is -2.31. The van der Waals surface area contributed by atoms with E-state index in [0.717, 1.165) is 48.4 Å². The van der Waals surface area contributed by atoms with E-state index in [1.165, 1.54) is 0 Å². The van der Waals surface area contributed by atoms with Crippen molar-refractivity contribution in [2.45, 2.75) is 50.8 Å². The van der Waals surface area contributed by atoms with Gasteiger partial charge in [-0.1, -0.05) is 57.0 Å². The van der Waals surface area contributed by atoms with Gasteiger partial charge in [0, 0.05) is 28.2 Å². The van der Waals surface area contributed by atoms with Crippen LogP contribution >= 0.6 is 11.8 Å². The Morgan fingerprint density at radius 1 is 1.14 bits per heavy atom. The molecule has 0 fully saturated rings. The van der Waals surface area contributed by atoms with Crippen LogP contribution < -0.4 is 4.74 Å². The molecule has 3 nitrogen and oxygen atoms in total. The number of hydrogen-bond donors (Lipinski definition) is 0. The molecule has 0 radical (unpaired) electrons. The van der Waals surface area contributed by atoms with Gasteiger partial charge in [-0.3, -0.25) is 4.79 Å². The maximum Gasteiger partial charge on any atom is 0.194 e. The highest BCUT2D eigenvalue weighted by molar-refractivity contribution is 7.99. The lowest BCUT2D eigenvalue weighted by atomic mass is 9.79. The van der Waals surface area contributed by atoms with Crippen molar-refractivity contribution in [3.8, 4) is 5.75 Å². The maximum absolute atomic E-state index is 13.0. The first-order valence-corrected chi connectivity index (χ1v) is 10.9. The molecule has 28 heavy (non-hydrogen) atoms. The molecular formula is C24H30O3S. The van der Waals surface area contributed by atoms with Gasteiger partial charge in [0.05, 0.1) is 7.11 Å². The number of thioether (sulfide) groups is 1. The number of methoxy groups -OCH3 is 1. The second-order valence-electron chi connectivity index (χ2n) is 7.17. The van der Waals surface area contributed by atoms with Gasteiger partial charge in [0.15, 0.2) is 5.78 Å². The third-order valence-electron chi connectivity index (χ3n) is 5.33. The number of carbonyl (C=O) groups is 2. The van der Waals surface area contributed by atoms with E-state index in [-0.39, 0.29) is 11.2 Å². The van der Waals surface area contributed by atoms with E-state index in [9.17, 15) is 9.59 Å². The number of benzene rings is 2. The zero-order valence-corrected chi connectivity index (χ0v) is 17.9. The fraction of sp³-hybridized carbons (Fsp3) is 0.417. The van der Waals surface area contributed by atoms with Crippen molar-refractivity contribution in [1.82, 2.24) is 0 Å². The van der Waals surface area contributed by atoms with Crippen LogP contribution in [0, 0.1) is 5.41 Å². The van der Waals surface area contributed by atoms with Crippen molar-refractivity contribution in [2.24, 2.45) is 5.41 Å². The molecule has 0 aliphatic rings. The number of aldehydes is 1. The predicted molar refractivity (Wildman–Crippen MR) is 117 cm³/mol. The molecule has 1 unspecified atom stereocenters. The highest BCUT2D eigenvalue weighted by Gasteiger charge is 2.28. The Kier molecular flexibility index (Phi) is 8.78. The van der Waals surface area contributed by atoms with Gasteiger partial charge in [-0.15, -0.1) is 11.8 Å². The molecule has 150 valence electrons. The van der Waals surface area contributed by atoms with Crippen LogP contribution in [0.15, 0.2) is 53.4 Å². The summed E-state index contributed by atoms with van der Waals surface area (Å²) in [7, 11) is 1.63. The summed E-state index contributed by atoms with van der Waals surface area (Å²) in [6.07, 6.45) is 5.80. The van der Waals surface area contributed by atoms with Crippen LogP contribution in [0.4, 0.5) is 0 Å². The number of ether oxygens (including phenoxy) is 1. The van der Waals surface area contributed by atoms with Gasteiger partial charge in [-0.25, -0.2) is 0 Å². The van der Waals surface area contributed by atoms with E-state index >= 15 is 0 Å². The van der Waals surface area contributed by atoms with E-state index in [2.05, 4.69) is 13.8 Å². The molecule has 2 aromatic rings. The highest BCUT2D eigenvalue weighted by atomic mass is 32.2. The molecule has 0 saturated carbocycles. The number of unbranched alkanes of at least 4 members (excludes halogenated alkanes) is 1. The predicted octanol–water partition coefficient (Wildman–Crippen LogP) is 6.19. The summed E-state index contributed by atoms with van der Waals surface area (Å²) < 4.78 is 5.39. The Bertz CT molecular complexity index is 773. The largest absolute Gasteiger partial charge is 0.497 e. The van der Waals surface area contributed by atoms with Crippen LogP contribution in [0.1, 0.15) is 61.9 Å². The maximum atomic E-state index is 13.0. The van der Waals surface area contributed by atoms with Crippen molar-refractivity contribution in [1.29, 1.82) is 0 Å². The van der Waals surface area contributed by atoms with Gasteiger partial charge in [0.2, 0.25) is 0 Å². The van der Waals surface area contributed by atoms with Crippen molar-refractivity contribution < 1.29 is 14.3 Å². The van der Waals surface area contributed by atoms with E-state index in [4.69, 9.17) is 4.74 Å². The minimum absolute atomic E-state index is 0.0109. The molecule has 0 aliphatic carbocycles. The molecule has 2 rings (SSSR count). The number of ketones is 1. The lowest BCUT2D eigenvalue weighted by Crippen LogP contribution is -2.24. The SMILES string of the molecule is CCCCC(CC)(CC=O)CSc1cc(OC)ccc1C(=O)c1ccccc1. The average Bonchev–Trinajstić information content (AvgIpc) is 2.75. The van der Waals surface area contributed by atoms with Crippen LogP contribution in [-0.4, -0.2) is 24.9 Å². The van der Waals surface area contributed by atoms with Crippen molar-refractivity contribution in [2.75, 3.05) is 12.9 Å². The van der Waals surface area contributed by atoms with Crippen LogP contribution in [-0.2, 0) is 4.79 Å². The zero-order chi connectivity index (χ0) is 20.4. The number of hydrogen-bond acceptors (Lipinski definition) is 4. The van der Waals surface area contributed by atoms with Gasteiger partial charge < -0.3 is 9.53 Å². The Balaban J connectivity index is 2.32. The summed E-state index contributed by atoms with van der Waals surface area (Å²) in [4.78, 5) is 25.3. The molecule has 0 spiro atoms. The quantitative estimate of drug-likeness (QED) is 0.243. The summed E-state index contributed by atoms with van der Waals surface area (Å²) in [6, 6.07) is 14.9. The van der Waals surface area contributed by atoms with Gasteiger partial charge in [0.25, 0.3) is 0 Å². The summed E-state index contributed by atoms with van der Waals surface area (Å²) in [5, 5.41) is 0. The van der Waals surface area contributed by atoms with Crippen molar-refractivity contribution >= 4 is 23.8 Å². The molecular weight excluding hydrogens is 368 g/mol. The minimum Gasteiger partial charge on any atom is -0.497 e. The van der Waals surface area contributed by atoms with Gasteiger partial charge in [-0.2, -0.15) is 0 Å².